The molecular formula is C12H19N2NaS. The van der Waals surface area contributed by atoms with Crippen LogP contribution >= 0.6 is 12.6 Å². The molecule has 0 spiro atoms. The summed E-state index contributed by atoms with van der Waals surface area (Å²) in [5.74, 6) is 0. The molecule has 1 aliphatic heterocycles. The largest absolute Gasteiger partial charge is 1.00 e. The molecule has 0 aromatic heterocycles. The Morgan fingerprint density at radius 2 is 1.69 bits per heavy atom. The molecule has 0 radical (unpaired) electrons. The van der Waals surface area contributed by atoms with Crippen molar-refractivity contribution in [3.63, 3.8) is 0 Å². The average molecular weight is 246 g/mol. The molecule has 0 unspecified atom stereocenters. The fraction of sp³-hybridized carbons (Fsp3) is 0.500. The van der Waals surface area contributed by atoms with E-state index < -0.39 is 0 Å². The summed E-state index contributed by atoms with van der Waals surface area (Å²) in [6, 6.07) is 8.43. The van der Waals surface area contributed by atoms with Gasteiger partial charge in [0.1, 0.15) is 0 Å². The van der Waals surface area contributed by atoms with Crippen molar-refractivity contribution >= 4 is 18.3 Å². The second-order valence-electron chi connectivity index (χ2n) is 3.94. The van der Waals surface area contributed by atoms with E-state index in [1.807, 2.05) is 0 Å². The van der Waals surface area contributed by atoms with Crippen LogP contribution in [0.25, 0.3) is 0 Å². The summed E-state index contributed by atoms with van der Waals surface area (Å²) in [6.07, 6.45) is 0. The number of hydrogen-bond donors (Lipinski definition) is 1. The second-order valence-corrected chi connectivity index (χ2v) is 4.45. The van der Waals surface area contributed by atoms with Gasteiger partial charge in [-0.3, -0.25) is 0 Å². The van der Waals surface area contributed by atoms with Crippen molar-refractivity contribution in [3.8, 4) is 0 Å². The molecule has 84 valence electrons. The Kier molecular flexibility index (Phi) is 6.22. The van der Waals surface area contributed by atoms with Crippen LogP contribution in [-0.4, -0.2) is 37.6 Å². The standard InChI is InChI=1S/C12H18N2S.Na.H/c1-2-13-7-9-14(10-8-13)11-3-5-12(15)6-4-11;;/h3-6,15H,2,7-10H2,1H3;;/q;+1;-1. The summed E-state index contributed by atoms with van der Waals surface area (Å²) in [7, 11) is 0. The molecule has 2 rings (SSSR count). The van der Waals surface area contributed by atoms with Crippen molar-refractivity contribution in [2.24, 2.45) is 0 Å². The number of thiol groups is 1. The van der Waals surface area contributed by atoms with E-state index in [2.05, 4.69) is 53.6 Å². The van der Waals surface area contributed by atoms with E-state index >= 15 is 0 Å². The van der Waals surface area contributed by atoms with Crippen LogP contribution in [0.1, 0.15) is 8.35 Å². The first-order valence-corrected chi connectivity index (χ1v) is 6.00. The summed E-state index contributed by atoms with van der Waals surface area (Å²) >= 11 is 4.30. The van der Waals surface area contributed by atoms with Crippen molar-refractivity contribution in [2.75, 3.05) is 37.6 Å². The summed E-state index contributed by atoms with van der Waals surface area (Å²) in [5.41, 5.74) is 1.32. The molecule has 0 bridgehead atoms. The van der Waals surface area contributed by atoms with Crippen LogP contribution in [0.5, 0.6) is 0 Å². The van der Waals surface area contributed by atoms with Gasteiger partial charge in [-0.1, -0.05) is 6.92 Å². The van der Waals surface area contributed by atoms with Gasteiger partial charge >= 0.3 is 29.6 Å². The predicted octanol–water partition coefficient (Wildman–Crippen LogP) is -0.766. The number of benzene rings is 1. The van der Waals surface area contributed by atoms with Crippen molar-refractivity contribution in [2.45, 2.75) is 11.8 Å². The van der Waals surface area contributed by atoms with E-state index in [0.29, 0.717) is 0 Å². The van der Waals surface area contributed by atoms with E-state index in [4.69, 9.17) is 0 Å². The maximum absolute atomic E-state index is 4.30. The topological polar surface area (TPSA) is 6.48 Å². The SMILES string of the molecule is CCN1CCN(c2ccc(S)cc2)CC1.[H-].[Na+]. The van der Waals surface area contributed by atoms with Crippen molar-refractivity contribution in [1.82, 2.24) is 4.90 Å². The van der Waals surface area contributed by atoms with Crippen LogP contribution in [0.4, 0.5) is 5.69 Å². The minimum absolute atomic E-state index is 0. The molecule has 4 heteroatoms. The van der Waals surface area contributed by atoms with Crippen LogP contribution in [0.15, 0.2) is 29.2 Å². The molecular weight excluding hydrogens is 227 g/mol. The maximum Gasteiger partial charge on any atom is 1.00 e. The zero-order chi connectivity index (χ0) is 10.7. The molecule has 1 heterocycles. The van der Waals surface area contributed by atoms with Crippen LogP contribution in [-0.2, 0) is 0 Å². The molecule has 1 aliphatic rings. The first-order valence-electron chi connectivity index (χ1n) is 5.56. The van der Waals surface area contributed by atoms with Gasteiger partial charge in [0.25, 0.3) is 0 Å². The molecule has 0 atom stereocenters. The molecule has 1 saturated heterocycles. The van der Waals surface area contributed by atoms with Crippen molar-refractivity contribution in [3.05, 3.63) is 24.3 Å². The van der Waals surface area contributed by atoms with E-state index in [9.17, 15) is 0 Å². The van der Waals surface area contributed by atoms with Gasteiger partial charge in [-0.05, 0) is 30.8 Å². The van der Waals surface area contributed by atoms with Gasteiger partial charge in [0.2, 0.25) is 0 Å². The number of piperazine rings is 1. The smallest absolute Gasteiger partial charge is 1.00 e. The average Bonchev–Trinajstić information content (AvgIpc) is 2.30. The van der Waals surface area contributed by atoms with Crippen molar-refractivity contribution < 1.29 is 31.0 Å². The van der Waals surface area contributed by atoms with Crippen LogP contribution in [0, 0.1) is 0 Å². The van der Waals surface area contributed by atoms with Gasteiger partial charge in [-0.25, -0.2) is 0 Å². The summed E-state index contributed by atoms with van der Waals surface area (Å²) < 4.78 is 0. The molecule has 1 aromatic rings. The Hall–Kier alpha value is 0.330. The molecule has 0 saturated carbocycles. The van der Waals surface area contributed by atoms with Gasteiger partial charge in [-0.2, -0.15) is 0 Å². The Morgan fingerprint density at radius 1 is 1.12 bits per heavy atom. The quantitative estimate of drug-likeness (QED) is 0.541. The Morgan fingerprint density at radius 3 is 2.19 bits per heavy atom. The van der Waals surface area contributed by atoms with E-state index in [0.717, 1.165) is 18.0 Å². The zero-order valence-corrected chi connectivity index (χ0v) is 13.1. The van der Waals surface area contributed by atoms with Gasteiger partial charge in [0, 0.05) is 36.8 Å². The first kappa shape index (κ1) is 14.4. The number of nitrogens with zero attached hydrogens (tertiary/aromatic N) is 2. The number of anilines is 1. The first-order chi connectivity index (χ1) is 7.29. The normalized spacial score (nSPS) is 17.0. The van der Waals surface area contributed by atoms with E-state index in [-0.39, 0.29) is 31.0 Å². The van der Waals surface area contributed by atoms with Gasteiger partial charge in [0.05, 0.1) is 0 Å². The number of hydrogen-bond acceptors (Lipinski definition) is 3. The van der Waals surface area contributed by atoms with E-state index in [1.54, 1.807) is 0 Å². The molecule has 1 fully saturated rings. The van der Waals surface area contributed by atoms with E-state index in [1.165, 1.54) is 25.3 Å². The molecule has 0 N–H and O–H groups in total. The minimum atomic E-state index is 0. The third-order valence-electron chi connectivity index (χ3n) is 3.03. The van der Waals surface area contributed by atoms with Crippen LogP contribution < -0.4 is 34.5 Å². The predicted molar refractivity (Wildman–Crippen MR) is 69.1 cm³/mol. The van der Waals surface area contributed by atoms with Crippen LogP contribution in [0.3, 0.4) is 0 Å². The third kappa shape index (κ3) is 3.67. The summed E-state index contributed by atoms with van der Waals surface area (Å²) in [6.45, 7) is 8.03. The maximum atomic E-state index is 4.30. The monoisotopic (exact) mass is 246 g/mol. The van der Waals surface area contributed by atoms with Crippen molar-refractivity contribution in [1.29, 1.82) is 0 Å². The fourth-order valence-corrected chi connectivity index (χ4v) is 2.13. The Balaban J connectivity index is 0.00000128. The molecule has 16 heavy (non-hydrogen) atoms. The van der Waals surface area contributed by atoms with Gasteiger partial charge in [-0.15, -0.1) is 12.6 Å². The molecule has 2 nitrogen and oxygen atoms in total. The fourth-order valence-electron chi connectivity index (χ4n) is 1.99. The van der Waals surface area contributed by atoms with Gasteiger partial charge in [0.15, 0.2) is 0 Å². The third-order valence-corrected chi connectivity index (χ3v) is 3.33. The molecule has 1 aromatic carbocycles. The zero-order valence-electron chi connectivity index (χ0n) is 11.2. The molecule has 0 aliphatic carbocycles. The summed E-state index contributed by atoms with van der Waals surface area (Å²) in [4.78, 5) is 5.97. The Labute approximate surface area is 127 Å². The molecule has 0 amide bonds. The number of rotatable bonds is 2. The summed E-state index contributed by atoms with van der Waals surface area (Å²) in [5, 5.41) is 0. The Bertz CT molecular complexity index is 313. The minimum Gasteiger partial charge on any atom is -1.00 e. The number of likely N-dealkylation sites (N-methyl/N-ethyl adjacent to an activating group) is 1. The van der Waals surface area contributed by atoms with Crippen LogP contribution in [0.2, 0.25) is 0 Å². The second kappa shape index (κ2) is 6.92. The van der Waals surface area contributed by atoms with Gasteiger partial charge < -0.3 is 11.2 Å².